The Balaban J connectivity index is 0.645. The molecule has 1 fully saturated rings. The first-order valence-electron chi connectivity index (χ1n) is 42.7. The molecule has 0 aliphatic carbocycles. The summed E-state index contributed by atoms with van der Waals surface area (Å²) in [5, 5.41) is 5.25. The maximum Gasteiger partial charge on any atom is 0.410 e. The lowest BCUT2D eigenvalue weighted by Crippen LogP contribution is -2.39. The fourth-order valence-electron chi connectivity index (χ4n) is 11.9. The van der Waals surface area contributed by atoms with Gasteiger partial charge in [0.25, 0.3) is 0 Å². The van der Waals surface area contributed by atoms with Gasteiger partial charge in [0, 0.05) is 24.9 Å². The first-order valence-corrected chi connectivity index (χ1v) is 45.7. The Hall–Kier alpha value is -3.91. The van der Waals surface area contributed by atoms with Gasteiger partial charge in [-0.15, -0.1) is 0 Å². The number of hydrogen-bond donors (Lipinski definition) is 0. The van der Waals surface area contributed by atoms with Crippen molar-refractivity contribution in [2.75, 3.05) is 323 Å². The zero-order valence-corrected chi connectivity index (χ0v) is 72.0. The van der Waals surface area contributed by atoms with Crippen LogP contribution in [0.2, 0.25) is 0 Å². The number of rotatable bonds is 87. The van der Waals surface area contributed by atoms with Gasteiger partial charge in [0.05, 0.1) is 297 Å². The van der Waals surface area contributed by atoms with E-state index < -0.39 is 15.8 Å². The number of likely N-dealkylation sites (tertiary alicyclic amines) is 1. The molecule has 0 unspecified atom stereocenters. The molecule has 0 bridgehead atoms. The van der Waals surface area contributed by atoms with Crippen LogP contribution in [0.25, 0.3) is 0 Å². The highest BCUT2D eigenvalue weighted by Crippen LogP contribution is 2.48. The molecule has 1 saturated heterocycles. The molecule has 5 rings (SSSR count). The van der Waals surface area contributed by atoms with Crippen molar-refractivity contribution in [3.63, 3.8) is 0 Å². The minimum Gasteiger partial charge on any atom is -0.447 e. The fraction of sp³-hybridized carbons (Fsp3) is 0.716. The second kappa shape index (κ2) is 79.6. The molecule has 0 spiro atoms. The van der Waals surface area contributed by atoms with E-state index in [2.05, 4.69) is 128 Å². The van der Waals surface area contributed by atoms with Crippen molar-refractivity contribution in [1.82, 2.24) is 4.90 Å². The molecule has 2 atom stereocenters. The molecule has 0 N–H and O–H groups in total. The first kappa shape index (κ1) is 103. The van der Waals surface area contributed by atoms with Gasteiger partial charge in [-0.3, -0.25) is 0 Å². The van der Waals surface area contributed by atoms with E-state index >= 15 is 0 Å². The number of unbranched alkanes of at least 4 members (excludes halogenated alkanes) is 9. The van der Waals surface area contributed by atoms with Crippen LogP contribution in [-0.4, -0.2) is 346 Å². The van der Waals surface area contributed by atoms with Gasteiger partial charge in [0.2, 0.25) is 0 Å². The zero-order valence-electron chi connectivity index (χ0n) is 70.2. The van der Waals surface area contributed by atoms with Crippen molar-refractivity contribution in [1.29, 1.82) is 0 Å². The van der Waals surface area contributed by atoms with Crippen LogP contribution >= 0.6 is 15.8 Å². The predicted molar refractivity (Wildman–Crippen MR) is 454 cm³/mol. The lowest BCUT2D eigenvalue weighted by atomic mass is 10.1. The summed E-state index contributed by atoms with van der Waals surface area (Å²) in [4.78, 5) is 16.1. The Bertz CT molecular complexity index is 2610. The summed E-state index contributed by atoms with van der Waals surface area (Å²) in [5.41, 5.74) is 0.271. The summed E-state index contributed by atoms with van der Waals surface area (Å²) >= 11 is 0. The Kier molecular flexibility index (Phi) is 70.4. The monoisotopic (exact) mass is 1680 g/mol. The normalized spacial score (nSPS) is 13.7. The van der Waals surface area contributed by atoms with Crippen molar-refractivity contribution in [3.05, 3.63) is 121 Å². The number of benzene rings is 4. The van der Waals surface area contributed by atoms with Crippen LogP contribution < -0.4 is 21.2 Å². The van der Waals surface area contributed by atoms with Crippen molar-refractivity contribution in [3.8, 4) is 0 Å². The quantitative estimate of drug-likeness (QED) is 0.0295. The van der Waals surface area contributed by atoms with Gasteiger partial charge in [-0.25, -0.2) is 4.79 Å². The molecule has 4 aromatic rings. The van der Waals surface area contributed by atoms with Gasteiger partial charge >= 0.3 is 6.09 Å². The molecule has 28 heteroatoms. The van der Waals surface area contributed by atoms with Crippen LogP contribution in [0, 0.1) is 0 Å². The topological polar surface area (TPSA) is 242 Å². The molecule has 1 aliphatic heterocycles. The molecular weight excluding hydrogens is 1530 g/mol. The van der Waals surface area contributed by atoms with Crippen molar-refractivity contribution in [2.24, 2.45) is 0 Å². The molecular formula is C88H145NO25P2. The molecule has 1 amide bonds. The van der Waals surface area contributed by atoms with E-state index in [1.807, 2.05) is 4.90 Å². The van der Waals surface area contributed by atoms with E-state index in [-0.39, 0.29) is 31.0 Å². The van der Waals surface area contributed by atoms with E-state index in [0.717, 1.165) is 25.6 Å². The van der Waals surface area contributed by atoms with Crippen molar-refractivity contribution >= 4 is 43.2 Å². The Morgan fingerprint density at radius 3 is 0.690 bits per heavy atom. The third kappa shape index (κ3) is 58.2. The van der Waals surface area contributed by atoms with Gasteiger partial charge < -0.3 is 119 Å². The maximum atomic E-state index is 14.1. The fourth-order valence-corrected chi connectivity index (χ4v) is 17.4. The van der Waals surface area contributed by atoms with E-state index in [9.17, 15) is 4.79 Å². The maximum absolute atomic E-state index is 14.1. The Morgan fingerprint density at radius 2 is 0.457 bits per heavy atom. The van der Waals surface area contributed by atoms with Gasteiger partial charge in [-0.1, -0.05) is 186 Å². The summed E-state index contributed by atoms with van der Waals surface area (Å²) < 4.78 is 135. The van der Waals surface area contributed by atoms with Crippen LogP contribution in [0.4, 0.5) is 4.79 Å². The average Bonchev–Trinajstić information content (AvgIpc) is 1.63. The minimum absolute atomic E-state index is 0.0131. The highest BCUT2D eigenvalue weighted by molar-refractivity contribution is 7.74. The number of carbonyl (C=O) groups is 1. The SMILES string of the molecule is CCCCCCCCCCCCOCCOCCOCCOCCOCCOCCOCCOCCOCCOCCOCCOCCOCCOCCOCCOCCOCCOCCOCCOCCOCCOCCOCCOC(=O)N1C[C@@H](P(c2ccccc2)c2ccccc2)C[C@H]1CP(c1ccccc1)c1ccccc1. The second-order valence-corrected chi connectivity index (χ2v) is 31.7. The molecule has 0 saturated carbocycles. The highest BCUT2D eigenvalue weighted by atomic mass is 31.1. The van der Waals surface area contributed by atoms with E-state index in [1.54, 1.807) is 0 Å². The third-order valence-corrected chi connectivity index (χ3v) is 23.3. The molecule has 0 aromatic heterocycles. The van der Waals surface area contributed by atoms with Crippen molar-refractivity contribution < 1.29 is 118 Å². The minimum atomic E-state index is -0.732. The number of ether oxygens (including phenoxy) is 24. The molecule has 26 nitrogen and oxygen atoms in total. The standard InChI is InChI=1S/C88H145NO25P2/c1-2-3-4-5-6-7-8-9-10-23-32-91-33-34-92-35-36-93-37-38-94-39-40-95-41-42-96-43-44-97-45-46-98-47-48-99-49-50-100-51-52-101-53-54-102-55-56-103-57-58-104-59-60-105-61-62-106-63-64-107-65-66-108-67-68-109-69-70-110-71-72-111-73-74-112-75-76-113-77-78-114-88(90)89-80-87(116(85-28-19-13-20-29-85)86-30-21-14-22-31-86)79-82(89)81-115(83-24-15-11-16-25-83)84-26-17-12-18-27-84/h11-22,24-31,82,87H,2-10,23,32-81H2,1H3/t82-,87-/m0/s1. The number of nitrogens with zero attached hydrogens (tertiary/aromatic N) is 1. The van der Waals surface area contributed by atoms with E-state index in [1.165, 1.54) is 79.0 Å². The van der Waals surface area contributed by atoms with Crippen molar-refractivity contribution in [2.45, 2.75) is 89.3 Å². The molecule has 1 heterocycles. The largest absolute Gasteiger partial charge is 0.447 e. The average molecular weight is 1680 g/mol. The van der Waals surface area contributed by atoms with Crippen LogP contribution in [-0.2, 0) is 114 Å². The van der Waals surface area contributed by atoms with E-state index in [4.69, 9.17) is 114 Å². The van der Waals surface area contributed by atoms with Crippen LogP contribution in [0.15, 0.2) is 121 Å². The first-order chi connectivity index (χ1) is 57.7. The van der Waals surface area contributed by atoms with Gasteiger partial charge in [0.1, 0.15) is 6.61 Å². The molecule has 116 heavy (non-hydrogen) atoms. The number of amides is 1. The molecule has 1 aliphatic rings. The lowest BCUT2D eigenvalue weighted by molar-refractivity contribution is -0.0319. The molecule has 0 radical (unpaired) electrons. The Labute approximate surface area is 697 Å². The lowest BCUT2D eigenvalue weighted by Gasteiger charge is -2.28. The van der Waals surface area contributed by atoms with Gasteiger partial charge in [0.15, 0.2) is 0 Å². The summed E-state index contributed by atoms with van der Waals surface area (Å²) in [6, 6.07) is 43.0. The summed E-state index contributed by atoms with van der Waals surface area (Å²) in [6.07, 6.45) is 14.8. The molecule has 662 valence electrons. The summed E-state index contributed by atoms with van der Waals surface area (Å²) in [6.45, 7) is 25.6. The third-order valence-electron chi connectivity index (χ3n) is 17.9. The van der Waals surface area contributed by atoms with Gasteiger partial charge in [-0.2, -0.15) is 0 Å². The van der Waals surface area contributed by atoms with Crippen LogP contribution in [0.5, 0.6) is 0 Å². The number of hydrogen-bond acceptors (Lipinski definition) is 25. The molecule has 4 aromatic carbocycles. The summed E-state index contributed by atoms with van der Waals surface area (Å²) in [7, 11) is -1.46. The zero-order chi connectivity index (χ0) is 81.3. The van der Waals surface area contributed by atoms with Gasteiger partial charge in [-0.05, 0) is 56.1 Å². The summed E-state index contributed by atoms with van der Waals surface area (Å²) in [5.74, 6) is 0. The van der Waals surface area contributed by atoms with Crippen LogP contribution in [0.3, 0.4) is 0 Å². The smallest absolute Gasteiger partial charge is 0.410 e. The Morgan fingerprint density at radius 1 is 0.259 bits per heavy atom. The van der Waals surface area contributed by atoms with Crippen LogP contribution in [0.1, 0.15) is 77.6 Å². The number of carbonyl (C=O) groups excluding carboxylic acids is 1. The predicted octanol–water partition coefficient (Wildman–Crippen LogP) is 10.1. The second-order valence-electron chi connectivity index (χ2n) is 26.9. The van der Waals surface area contributed by atoms with E-state index in [0.29, 0.717) is 297 Å². The highest BCUT2D eigenvalue weighted by Gasteiger charge is 2.42.